The number of anilines is 2. The number of aryl methyl sites for hydroxylation is 4. The van der Waals surface area contributed by atoms with Gasteiger partial charge in [-0.05, 0) is 81.2 Å². The number of nitrogens with one attached hydrogen (secondary N) is 2. The van der Waals surface area contributed by atoms with Crippen LogP contribution in [0.3, 0.4) is 0 Å². The van der Waals surface area contributed by atoms with Gasteiger partial charge in [0.05, 0.1) is 6.54 Å². The molecule has 7 nitrogen and oxygen atoms in total. The molecule has 7 heteroatoms. The molecule has 2 aromatic heterocycles. The summed E-state index contributed by atoms with van der Waals surface area (Å²) in [5, 5.41) is 6.72. The highest BCUT2D eigenvalue weighted by Crippen LogP contribution is 2.34. The van der Waals surface area contributed by atoms with Crippen molar-refractivity contribution in [3.8, 4) is 23.0 Å². The molecule has 0 atom stereocenters. The zero-order valence-electron chi connectivity index (χ0n) is 25.6. The van der Waals surface area contributed by atoms with E-state index >= 15 is 0 Å². The van der Waals surface area contributed by atoms with Crippen molar-refractivity contribution in [1.29, 1.82) is 0 Å². The minimum atomic E-state index is -0.469. The van der Waals surface area contributed by atoms with Crippen LogP contribution in [0.4, 0.5) is 16.2 Å². The van der Waals surface area contributed by atoms with Crippen molar-refractivity contribution >= 4 is 28.4 Å². The highest BCUT2D eigenvalue weighted by atomic mass is 16.2. The summed E-state index contributed by atoms with van der Waals surface area (Å²) in [4.78, 5) is 34.4. The second-order valence-electron chi connectivity index (χ2n) is 10.6. The van der Waals surface area contributed by atoms with Crippen LogP contribution < -0.4 is 16.2 Å². The SMILES string of the molecule is CCCCn1c(=O)c(NC(=O)Nc2c(C)cc(C)cc2C)c(-c2cccc(C#CCN(CC)CC)c2)c2cccnc21. The molecule has 0 unspecified atom stereocenters. The van der Waals surface area contributed by atoms with Gasteiger partial charge < -0.3 is 10.6 Å². The molecule has 0 spiro atoms. The Balaban J connectivity index is 1.85. The van der Waals surface area contributed by atoms with E-state index in [-0.39, 0.29) is 11.2 Å². The van der Waals surface area contributed by atoms with E-state index in [0.29, 0.717) is 24.3 Å². The number of rotatable bonds is 9. The number of benzene rings is 2. The van der Waals surface area contributed by atoms with Crippen LogP contribution in [-0.4, -0.2) is 40.1 Å². The van der Waals surface area contributed by atoms with Gasteiger partial charge in [-0.25, -0.2) is 9.78 Å². The van der Waals surface area contributed by atoms with Crippen LogP contribution in [0.2, 0.25) is 0 Å². The molecule has 0 radical (unpaired) electrons. The predicted octanol–water partition coefficient (Wildman–Crippen LogP) is 7.13. The number of pyridine rings is 2. The summed E-state index contributed by atoms with van der Waals surface area (Å²) in [5.41, 5.74) is 6.58. The van der Waals surface area contributed by atoms with E-state index in [4.69, 9.17) is 0 Å². The summed E-state index contributed by atoms with van der Waals surface area (Å²) in [6.45, 7) is 15.4. The van der Waals surface area contributed by atoms with E-state index in [2.05, 4.69) is 53.1 Å². The molecule has 42 heavy (non-hydrogen) atoms. The lowest BCUT2D eigenvalue weighted by molar-refractivity contribution is 0.262. The lowest BCUT2D eigenvalue weighted by Gasteiger charge is -2.19. The Morgan fingerprint density at radius 1 is 0.952 bits per heavy atom. The fraction of sp³-hybridized carbons (Fsp3) is 0.343. The van der Waals surface area contributed by atoms with E-state index in [1.165, 1.54) is 0 Å². The highest BCUT2D eigenvalue weighted by molar-refractivity contribution is 6.07. The first-order valence-corrected chi connectivity index (χ1v) is 14.8. The normalized spacial score (nSPS) is 10.9. The van der Waals surface area contributed by atoms with Crippen LogP contribution in [-0.2, 0) is 6.54 Å². The average Bonchev–Trinajstić information content (AvgIpc) is 2.97. The number of carbonyl (C=O) groups is 1. The number of urea groups is 1. The maximum absolute atomic E-state index is 14.1. The van der Waals surface area contributed by atoms with E-state index in [1.54, 1.807) is 10.8 Å². The smallest absolute Gasteiger partial charge is 0.307 e. The van der Waals surface area contributed by atoms with E-state index in [1.807, 2.05) is 69.3 Å². The molecular weight excluding hydrogens is 522 g/mol. The molecular formula is C35H41N5O2. The zero-order chi connectivity index (χ0) is 30.2. The second-order valence-corrected chi connectivity index (χ2v) is 10.6. The summed E-state index contributed by atoms with van der Waals surface area (Å²) in [6.07, 6.45) is 3.44. The van der Waals surface area contributed by atoms with Crippen LogP contribution in [0, 0.1) is 32.6 Å². The van der Waals surface area contributed by atoms with Gasteiger partial charge in [-0.3, -0.25) is 14.3 Å². The molecule has 0 saturated heterocycles. The standard InChI is InChI=1S/C35H41N5O2/c1-7-10-20-40-33-29(17-12-18-36-33)30(28-16-11-14-27(23-28)15-13-19-39(8-2)9-3)32(34(40)41)38-35(42)37-31-25(5)21-24(4)22-26(31)6/h11-12,14,16-18,21-23H,7-10,19-20H2,1-6H3,(H2,37,38,42). The van der Waals surface area contributed by atoms with Gasteiger partial charge >= 0.3 is 6.03 Å². The topological polar surface area (TPSA) is 79.3 Å². The van der Waals surface area contributed by atoms with Crippen molar-refractivity contribution in [2.24, 2.45) is 0 Å². The van der Waals surface area contributed by atoms with Gasteiger partial charge in [-0.2, -0.15) is 0 Å². The van der Waals surface area contributed by atoms with Gasteiger partial charge in [0.25, 0.3) is 5.56 Å². The molecule has 0 aliphatic rings. The maximum atomic E-state index is 14.1. The van der Waals surface area contributed by atoms with Crippen molar-refractivity contribution < 1.29 is 4.79 Å². The van der Waals surface area contributed by atoms with Crippen molar-refractivity contribution in [1.82, 2.24) is 14.5 Å². The predicted molar refractivity (Wildman–Crippen MR) is 174 cm³/mol. The Morgan fingerprint density at radius 3 is 2.36 bits per heavy atom. The number of unbranched alkanes of at least 4 members (excludes halogenated alkanes) is 1. The molecule has 0 bridgehead atoms. The Morgan fingerprint density at radius 2 is 1.67 bits per heavy atom. The molecule has 218 valence electrons. The molecule has 2 aromatic carbocycles. The minimum Gasteiger partial charge on any atom is -0.307 e. The Labute approximate surface area is 249 Å². The van der Waals surface area contributed by atoms with Crippen molar-refractivity contribution in [2.75, 3.05) is 30.3 Å². The third-order valence-electron chi connectivity index (χ3n) is 7.49. The largest absolute Gasteiger partial charge is 0.323 e. The van der Waals surface area contributed by atoms with Gasteiger partial charge in [0.2, 0.25) is 0 Å². The monoisotopic (exact) mass is 563 g/mol. The number of aromatic nitrogens is 2. The summed E-state index contributed by atoms with van der Waals surface area (Å²) < 4.78 is 1.67. The molecule has 0 fully saturated rings. The van der Waals surface area contributed by atoms with Gasteiger partial charge in [0.15, 0.2) is 0 Å². The molecule has 2 heterocycles. The molecule has 2 amide bonds. The maximum Gasteiger partial charge on any atom is 0.323 e. The van der Waals surface area contributed by atoms with Crippen molar-refractivity contribution in [3.05, 3.63) is 87.3 Å². The number of carbonyl (C=O) groups excluding carboxylic acids is 1. The minimum absolute atomic E-state index is 0.222. The third-order valence-corrected chi connectivity index (χ3v) is 7.49. The fourth-order valence-corrected chi connectivity index (χ4v) is 5.31. The Kier molecular flexibility index (Phi) is 10.2. The molecule has 0 aliphatic carbocycles. The van der Waals surface area contributed by atoms with Crippen LogP contribution >= 0.6 is 0 Å². The first-order chi connectivity index (χ1) is 20.3. The van der Waals surface area contributed by atoms with E-state index < -0.39 is 6.03 Å². The lowest BCUT2D eigenvalue weighted by atomic mass is 9.98. The van der Waals surface area contributed by atoms with Crippen LogP contribution in [0.1, 0.15) is 55.9 Å². The first-order valence-electron chi connectivity index (χ1n) is 14.8. The van der Waals surface area contributed by atoms with Crippen LogP contribution in [0.15, 0.2) is 59.5 Å². The Hall–Kier alpha value is -4.41. The number of amides is 2. The molecule has 2 N–H and O–H groups in total. The van der Waals surface area contributed by atoms with E-state index in [0.717, 1.165) is 64.8 Å². The zero-order valence-corrected chi connectivity index (χ0v) is 25.6. The van der Waals surface area contributed by atoms with Gasteiger partial charge in [0, 0.05) is 34.9 Å². The number of hydrogen-bond donors (Lipinski definition) is 2. The average molecular weight is 564 g/mol. The molecule has 0 aliphatic heterocycles. The van der Waals surface area contributed by atoms with Crippen LogP contribution in [0.5, 0.6) is 0 Å². The van der Waals surface area contributed by atoms with Crippen molar-refractivity contribution in [3.63, 3.8) is 0 Å². The summed E-state index contributed by atoms with van der Waals surface area (Å²) in [5.74, 6) is 6.55. The number of hydrogen-bond acceptors (Lipinski definition) is 4. The number of fused-ring (bicyclic) bond motifs is 1. The third kappa shape index (κ3) is 6.89. The Bertz CT molecular complexity index is 1680. The lowest BCUT2D eigenvalue weighted by Crippen LogP contribution is -2.30. The van der Waals surface area contributed by atoms with Gasteiger partial charge in [-0.15, -0.1) is 0 Å². The molecule has 0 saturated carbocycles. The van der Waals surface area contributed by atoms with Gasteiger partial charge in [0.1, 0.15) is 11.3 Å². The summed E-state index contributed by atoms with van der Waals surface area (Å²) >= 11 is 0. The van der Waals surface area contributed by atoms with E-state index in [9.17, 15) is 9.59 Å². The van der Waals surface area contributed by atoms with Gasteiger partial charge in [-0.1, -0.05) is 68.9 Å². The second kappa shape index (κ2) is 14.0. The number of nitrogens with zero attached hydrogens (tertiary/aromatic N) is 3. The first kappa shape index (κ1) is 30.5. The summed E-state index contributed by atoms with van der Waals surface area (Å²) in [7, 11) is 0. The molecule has 4 rings (SSSR count). The van der Waals surface area contributed by atoms with Crippen LogP contribution in [0.25, 0.3) is 22.2 Å². The highest BCUT2D eigenvalue weighted by Gasteiger charge is 2.21. The summed E-state index contributed by atoms with van der Waals surface area (Å²) in [6, 6.07) is 15.2. The quantitative estimate of drug-likeness (QED) is 0.212. The molecule has 4 aromatic rings. The fourth-order valence-electron chi connectivity index (χ4n) is 5.31. The van der Waals surface area contributed by atoms with Crippen molar-refractivity contribution in [2.45, 2.75) is 60.9 Å².